The highest BCUT2D eigenvalue weighted by atomic mass is 16.5. The number of aryl methyl sites for hydroxylation is 3. The summed E-state index contributed by atoms with van der Waals surface area (Å²) in [6, 6.07) is 23.3. The zero-order chi connectivity index (χ0) is 44.0. The van der Waals surface area contributed by atoms with E-state index in [9.17, 15) is 19.8 Å². The third kappa shape index (κ3) is 13.1. The number of Topliss-reactive ketones (excluding diaryl/α,β-unsaturated/α-hetero) is 1. The van der Waals surface area contributed by atoms with Crippen molar-refractivity contribution in [3.05, 3.63) is 136 Å². The minimum absolute atomic E-state index is 0.0214. The van der Waals surface area contributed by atoms with Crippen molar-refractivity contribution in [3.8, 4) is 11.5 Å². The maximum atomic E-state index is 13.3. The number of aromatic hydroxyl groups is 1. The Morgan fingerprint density at radius 3 is 2.54 bits per heavy atom. The molecule has 9 heteroatoms. The molecule has 7 N–H and O–H groups in total. The number of hydrogen-bond acceptors (Lipinski definition) is 9. The Kier molecular flexibility index (Phi) is 17.0. The molecule has 1 saturated heterocycles. The van der Waals surface area contributed by atoms with E-state index < -0.39 is 0 Å². The number of rotatable bonds is 22. The topological polar surface area (TPSA) is 146 Å². The van der Waals surface area contributed by atoms with Gasteiger partial charge in [-0.25, -0.2) is 0 Å². The monoisotopic (exact) mass is 855 g/mol. The van der Waals surface area contributed by atoms with E-state index in [1.54, 1.807) is 18.2 Å². The van der Waals surface area contributed by atoms with Crippen molar-refractivity contribution in [3.63, 3.8) is 0 Å². The largest absolute Gasteiger partial charge is 0.504 e. The second-order valence-corrected chi connectivity index (χ2v) is 18.5. The molecular weight excluding hydrogens is 785 g/mol. The van der Waals surface area contributed by atoms with Crippen LogP contribution < -0.4 is 26.4 Å². The van der Waals surface area contributed by atoms with Gasteiger partial charge in [-0.3, -0.25) is 9.59 Å². The number of carbonyl (C=O) groups is 2. The molecule has 0 bridgehead atoms. The van der Waals surface area contributed by atoms with Gasteiger partial charge in [0.25, 0.3) is 0 Å². The van der Waals surface area contributed by atoms with Gasteiger partial charge in [-0.05, 0) is 177 Å². The van der Waals surface area contributed by atoms with Gasteiger partial charge < -0.3 is 36.6 Å². The molecular formula is C54H70N4O5. The summed E-state index contributed by atoms with van der Waals surface area (Å²) < 4.78 is 5.46. The molecule has 0 amide bonds. The number of aliphatic hydroxyl groups is 1. The van der Waals surface area contributed by atoms with Gasteiger partial charge >= 0.3 is 0 Å². The van der Waals surface area contributed by atoms with Crippen LogP contribution in [0.15, 0.2) is 108 Å². The summed E-state index contributed by atoms with van der Waals surface area (Å²) >= 11 is 0. The zero-order valence-electron chi connectivity index (χ0n) is 37.3. The highest BCUT2D eigenvalue weighted by molar-refractivity contribution is 6.06. The third-order valence-electron chi connectivity index (χ3n) is 14.1. The number of ketones is 2. The lowest BCUT2D eigenvalue weighted by Gasteiger charge is -2.51. The van der Waals surface area contributed by atoms with E-state index in [4.69, 9.17) is 10.5 Å². The van der Waals surface area contributed by atoms with Crippen LogP contribution in [0.4, 0.5) is 0 Å². The maximum Gasteiger partial charge on any atom is 0.163 e. The molecule has 7 rings (SSSR count). The predicted octanol–water partition coefficient (Wildman–Crippen LogP) is 7.94. The number of fused-ring (bicyclic) bond motifs is 2. The highest BCUT2D eigenvalue weighted by Crippen LogP contribution is 2.46. The lowest BCUT2D eigenvalue weighted by Crippen LogP contribution is -2.56. The third-order valence-corrected chi connectivity index (χ3v) is 14.1. The predicted molar refractivity (Wildman–Crippen MR) is 253 cm³/mol. The number of benzene rings is 3. The van der Waals surface area contributed by atoms with Gasteiger partial charge in [-0.1, -0.05) is 79.2 Å². The zero-order valence-corrected chi connectivity index (χ0v) is 37.3. The quantitative estimate of drug-likeness (QED) is 0.0337. The van der Waals surface area contributed by atoms with Crippen LogP contribution in [0, 0.1) is 29.6 Å². The van der Waals surface area contributed by atoms with E-state index in [1.165, 1.54) is 42.7 Å². The van der Waals surface area contributed by atoms with E-state index >= 15 is 0 Å². The highest BCUT2D eigenvalue weighted by Gasteiger charge is 2.45. The fourth-order valence-electron chi connectivity index (χ4n) is 10.9. The Labute approximate surface area is 375 Å². The van der Waals surface area contributed by atoms with Crippen LogP contribution in [0.3, 0.4) is 0 Å². The van der Waals surface area contributed by atoms with Crippen molar-refractivity contribution in [1.82, 2.24) is 16.0 Å². The van der Waals surface area contributed by atoms with Crippen molar-refractivity contribution in [2.75, 3.05) is 33.4 Å². The standard InChI is InChI=1S/C54H70N4O5/c1-63-52-32-41(44(31-51(52)62)30-45-36-58-53(55)33-42(45)20-19-40-12-5-11-39(27-40)18-17-37-9-3-2-4-10-37)21-22-48(61)34-47(60)16-6-13-38(14-8-26-59)28-50-49-23-25-56-35-46(49)29-43-15-7-24-57-54(43)50/h2-5,7,9-12,15,21-22,27,31-33,36,38,43,46,49-50,53-54,56-59,62H,6,8,13-14,16-20,23-26,28-30,34-35,55H2,1H3. The van der Waals surface area contributed by atoms with Crippen molar-refractivity contribution in [2.45, 2.75) is 102 Å². The SMILES string of the molecule is COc1cc(C=CC(=O)CC(=O)CCCC(CCCO)CC2C3CCNCC3CC3C=CCNC32)c(CC2=CNC(N)C=C2CCc2cccc(CCc3ccccc3)c2)cc1O. The van der Waals surface area contributed by atoms with Crippen molar-refractivity contribution in [2.24, 2.45) is 35.3 Å². The van der Waals surface area contributed by atoms with E-state index in [1.807, 2.05) is 6.20 Å². The Morgan fingerprint density at radius 1 is 0.952 bits per heavy atom. The molecule has 4 aliphatic rings. The molecule has 7 unspecified atom stereocenters. The molecule has 3 aromatic carbocycles. The van der Waals surface area contributed by atoms with Crippen LogP contribution in [0.5, 0.6) is 11.5 Å². The van der Waals surface area contributed by atoms with Gasteiger partial charge in [0.1, 0.15) is 5.78 Å². The molecule has 0 aromatic heterocycles. The van der Waals surface area contributed by atoms with Crippen LogP contribution in [0.25, 0.3) is 6.08 Å². The summed E-state index contributed by atoms with van der Waals surface area (Å²) in [7, 11) is 1.51. The summed E-state index contributed by atoms with van der Waals surface area (Å²) in [5.41, 5.74) is 14.0. The number of nitrogens with one attached hydrogen (secondary N) is 3. The van der Waals surface area contributed by atoms with Crippen LogP contribution >= 0.6 is 0 Å². The first kappa shape index (κ1) is 46.2. The molecule has 3 aliphatic heterocycles. The number of ether oxygens (including phenoxy) is 1. The Morgan fingerprint density at radius 2 is 1.73 bits per heavy atom. The Balaban J connectivity index is 0.941. The first-order valence-corrected chi connectivity index (χ1v) is 23.6. The minimum Gasteiger partial charge on any atom is -0.504 e. The molecule has 3 aromatic rings. The Hall–Kier alpha value is -4.80. The molecule has 0 spiro atoms. The van der Waals surface area contributed by atoms with E-state index in [0.717, 1.165) is 99.7 Å². The number of carbonyl (C=O) groups excluding carboxylic acids is 2. The van der Waals surface area contributed by atoms with Gasteiger partial charge in [0.15, 0.2) is 17.3 Å². The molecule has 2 fully saturated rings. The van der Waals surface area contributed by atoms with Crippen LogP contribution in [0.2, 0.25) is 0 Å². The first-order valence-electron chi connectivity index (χ1n) is 23.6. The normalized spacial score (nSPS) is 23.5. The van der Waals surface area contributed by atoms with Crippen LogP contribution in [0.1, 0.15) is 92.0 Å². The number of aliphatic hydroxyl groups excluding tert-OH is 1. The molecule has 3 heterocycles. The minimum atomic E-state index is -0.301. The molecule has 7 atom stereocenters. The summed E-state index contributed by atoms with van der Waals surface area (Å²) in [6.07, 6.45) is 23.1. The maximum absolute atomic E-state index is 13.3. The second-order valence-electron chi connectivity index (χ2n) is 18.5. The summed E-state index contributed by atoms with van der Waals surface area (Å²) in [6.45, 7) is 3.31. The number of phenols is 1. The van der Waals surface area contributed by atoms with E-state index in [2.05, 4.69) is 88.8 Å². The number of methoxy groups -OCH3 is 1. The molecule has 0 radical (unpaired) electrons. The van der Waals surface area contributed by atoms with Gasteiger partial charge in [-0.15, -0.1) is 0 Å². The van der Waals surface area contributed by atoms with Gasteiger partial charge in [-0.2, -0.15) is 0 Å². The van der Waals surface area contributed by atoms with E-state index in [-0.39, 0.29) is 36.5 Å². The lowest BCUT2D eigenvalue weighted by atomic mass is 9.60. The van der Waals surface area contributed by atoms with E-state index in [0.29, 0.717) is 54.2 Å². The van der Waals surface area contributed by atoms with Crippen molar-refractivity contribution in [1.29, 1.82) is 0 Å². The smallest absolute Gasteiger partial charge is 0.163 e. The van der Waals surface area contributed by atoms with Crippen molar-refractivity contribution >= 4 is 17.6 Å². The second kappa shape index (κ2) is 23.2. The lowest BCUT2D eigenvalue weighted by molar-refractivity contribution is -0.124. The van der Waals surface area contributed by atoms with Gasteiger partial charge in [0.2, 0.25) is 0 Å². The molecule has 63 heavy (non-hydrogen) atoms. The number of phenolic OH excluding ortho intramolecular Hbond substituents is 1. The fraction of sp³-hybridized carbons (Fsp3) is 0.481. The number of nitrogens with two attached hydrogens (primary N) is 1. The number of piperidine rings is 1. The summed E-state index contributed by atoms with van der Waals surface area (Å²) in [5.74, 6) is 3.07. The van der Waals surface area contributed by atoms with Gasteiger partial charge in [0, 0.05) is 31.8 Å². The molecule has 336 valence electrons. The summed E-state index contributed by atoms with van der Waals surface area (Å²) in [4.78, 5) is 26.5. The molecule has 1 aliphatic carbocycles. The summed E-state index contributed by atoms with van der Waals surface area (Å²) in [5, 5.41) is 31.4. The number of hydrogen-bond donors (Lipinski definition) is 6. The number of dihydropyridines is 1. The van der Waals surface area contributed by atoms with Crippen LogP contribution in [-0.2, 0) is 35.3 Å². The molecule has 1 saturated carbocycles. The van der Waals surface area contributed by atoms with Crippen LogP contribution in [-0.4, -0.2) is 67.3 Å². The average Bonchev–Trinajstić information content (AvgIpc) is 3.30. The molecule has 9 nitrogen and oxygen atoms in total. The van der Waals surface area contributed by atoms with Gasteiger partial charge in [0.05, 0.1) is 19.7 Å². The average molecular weight is 855 g/mol. The first-order chi connectivity index (χ1) is 30.8. The van der Waals surface area contributed by atoms with Crippen molar-refractivity contribution < 1.29 is 24.5 Å². The number of allylic oxidation sites excluding steroid dienone is 3. The fourth-order valence-corrected chi connectivity index (χ4v) is 10.9. The Bertz CT molecular complexity index is 2110.